The number of Topliss-reactive ketones (excluding diaryl/α,β-unsaturated/α-hetero) is 1. The first kappa shape index (κ1) is 15.7. The summed E-state index contributed by atoms with van der Waals surface area (Å²) in [4.78, 5) is 11.4. The van der Waals surface area contributed by atoms with E-state index in [2.05, 4.69) is 4.72 Å². The smallest absolute Gasteiger partial charge is 0.240 e. The highest BCUT2D eigenvalue weighted by Gasteiger charge is 2.24. The number of hydrogen-bond acceptors (Lipinski definition) is 4. The van der Waals surface area contributed by atoms with Gasteiger partial charge in [-0.3, -0.25) is 4.79 Å². The van der Waals surface area contributed by atoms with Crippen LogP contribution in [-0.4, -0.2) is 26.8 Å². The first-order chi connectivity index (χ1) is 11.0. The molecule has 2 aromatic carbocycles. The molecule has 0 unspecified atom stereocenters. The zero-order valence-electron chi connectivity index (χ0n) is 12.7. The molecule has 1 aliphatic rings. The van der Waals surface area contributed by atoms with Crippen LogP contribution in [0.1, 0.15) is 22.8 Å². The second kappa shape index (κ2) is 6.14. The summed E-state index contributed by atoms with van der Waals surface area (Å²) in [5, 5.41) is 0. The highest BCUT2D eigenvalue weighted by atomic mass is 32.2. The number of fused-ring (bicyclic) bond motifs is 1. The molecule has 0 aromatic heterocycles. The summed E-state index contributed by atoms with van der Waals surface area (Å²) in [6.07, 6.45) is 0.473. The van der Waals surface area contributed by atoms with Gasteiger partial charge in [0.25, 0.3) is 0 Å². The minimum Gasteiger partial charge on any atom is -0.488 e. The molecule has 0 bridgehead atoms. The maximum absolute atomic E-state index is 12.3. The number of sulfonamides is 1. The molecule has 0 aliphatic carbocycles. The molecule has 3 rings (SSSR count). The van der Waals surface area contributed by atoms with Crippen molar-refractivity contribution < 1.29 is 17.9 Å². The van der Waals surface area contributed by atoms with E-state index in [1.165, 1.54) is 31.2 Å². The van der Waals surface area contributed by atoms with Gasteiger partial charge in [-0.1, -0.05) is 30.3 Å². The van der Waals surface area contributed by atoms with Gasteiger partial charge in [0.15, 0.2) is 5.78 Å². The Morgan fingerprint density at radius 1 is 1.17 bits per heavy atom. The number of ketones is 1. The molecule has 1 N–H and O–H groups in total. The Morgan fingerprint density at radius 3 is 2.52 bits per heavy atom. The molecule has 1 heterocycles. The van der Waals surface area contributed by atoms with Crippen molar-refractivity contribution >= 4 is 15.8 Å². The first-order valence-electron chi connectivity index (χ1n) is 7.31. The molecule has 0 amide bonds. The van der Waals surface area contributed by atoms with E-state index in [9.17, 15) is 13.2 Å². The molecule has 0 radical (unpaired) electrons. The van der Waals surface area contributed by atoms with E-state index in [1.807, 2.05) is 24.3 Å². The zero-order valence-corrected chi connectivity index (χ0v) is 13.5. The van der Waals surface area contributed by atoms with Crippen LogP contribution in [0.3, 0.4) is 0 Å². The highest BCUT2D eigenvalue weighted by Crippen LogP contribution is 2.27. The number of nitrogens with one attached hydrogen (secondary N) is 1. The highest BCUT2D eigenvalue weighted by molar-refractivity contribution is 7.89. The average Bonchev–Trinajstić information content (AvgIpc) is 2.96. The van der Waals surface area contributed by atoms with Crippen LogP contribution in [0.15, 0.2) is 53.4 Å². The normalized spacial score (nSPS) is 16.7. The predicted octanol–water partition coefficient (Wildman–Crippen LogP) is 2.17. The van der Waals surface area contributed by atoms with Crippen molar-refractivity contribution in [3.63, 3.8) is 0 Å². The monoisotopic (exact) mass is 331 g/mol. The molecule has 0 fully saturated rings. The summed E-state index contributed by atoms with van der Waals surface area (Å²) >= 11 is 0. The van der Waals surface area contributed by atoms with Crippen molar-refractivity contribution in [2.45, 2.75) is 24.3 Å². The molecule has 5 nitrogen and oxygen atoms in total. The third kappa shape index (κ3) is 3.43. The summed E-state index contributed by atoms with van der Waals surface area (Å²) < 4.78 is 32.9. The van der Waals surface area contributed by atoms with E-state index in [1.54, 1.807) is 0 Å². The molecule has 0 saturated carbocycles. The van der Waals surface area contributed by atoms with E-state index in [-0.39, 0.29) is 23.3 Å². The summed E-state index contributed by atoms with van der Waals surface area (Å²) in [5.41, 5.74) is 1.57. The summed E-state index contributed by atoms with van der Waals surface area (Å²) in [6, 6.07) is 13.6. The summed E-state index contributed by atoms with van der Waals surface area (Å²) in [6.45, 7) is 1.64. The van der Waals surface area contributed by atoms with Crippen LogP contribution >= 0.6 is 0 Å². The van der Waals surface area contributed by atoms with Crippen LogP contribution in [0.25, 0.3) is 0 Å². The number of hydrogen-bond donors (Lipinski definition) is 1. The molecular formula is C17H17NO4S. The second-order valence-electron chi connectivity index (χ2n) is 5.48. The van der Waals surface area contributed by atoms with E-state index in [4.69, 9.17) is 4.74 Å². The molecule has 0 spiro atoms. The Morgan fingerprint density at radius 2 is 1.87 bits per heavy atom. The average molecular weight is 331 g/mol. The van der Waals surface area contributed by atoms with Gasteiger partial charge in [-0.25, -0.2) is 13.1 Å². The lowest BCUT2D eigenvalue weighted by Gasteiger charge is -2.12. The Balaban J connectivity index is 1.65. The Hall–Kier alpha value is -2.18. The van der Waals surface area contributed by atoms with Crippen molar-refractivity contribution in [1.29, 1.82) is 0 Å². The molecule has 120 valence electrons. The standard InChI is InChI=1S/C17H17NO4S/c1-12(19)13-6-8-16(9-7-13)23(20,21)18-11-15-10-14-4-2-3-5-17(14)22-15/h2-9,15,18H,10-11H2,1H3/t15-/m1/s1. The molecule has 6 heteroatoms. The fourth-order valence-electron chi connectivity index (χ4n) is 2.52. The number of para-hydroxylation sites is 1. The van der Waals surface area contributed by atoms with Crippen LogP contribution in [0.4, 0.5) is 0 Å². The maximum atomic E-state index is 12.3. The van der Waals surface area contributed by atoms with E-state index < -0.39 is 10.0 Å². The van der Waals surface area contributed by atoms with Gasteiger partial charge in [-0.2, -0.15) is 0 Å². The third-order valence-electron chi connectivity index (χ3n) is 3.79. The molecule has 0 saturated heterocycles. The van der Waals surface area contributed by atoms with E-state index in [0.29, 0.717) is 12.0 Å². The lowest BCUT2D eigenvalue weighted by Crippen LogP contribution is -2.34. The van der Waals surface area contributed by atoms with Gasteiger partial charge in [0, 0.05) is 18.5 Å². The molecular weight excluding hydrogens is 314 g/mol. The van der Waals surface area contributed by atoms with Gasteiger partial charge in [0.05, 0.1) is 4.90 Å². The van der Waals surface area contributed by atoms with Crippen LogP contribution in [-0.2, 0) is 16.4 Å². The number of rotatable bonds is 5. The van der Waals surface area contributed by atoms with Gasteiger partial charge >= 0.3 is 0 Å². The summed E-state index contributed by atoms with van der Waals surface area (Å²) in [5.74, 6) is 0.710. The quantitative estimate of drug-likeness (QED) is 0.852. The van der Waals surface area contributed by atoms with Crippen molar-refractivity contribution in [1.82, 2.24) is 4.72 Å². The third-order valence-corrected chi connectivity index (χ3v) is 5.23. The first-order valence-corrected chi connectivity index (χ1v) is 8.79. The molecule has 2 aromatic rings. The van der Waals surface area contributed by atoms with Crippen molar-refractivity contribution in [3.05, 3.63) is 59.7 Å². The van der Waals surface area contributed by atoms with Crippen LogP contribution < -0.4 is 9.46 Å². The van der Waals surface area contributed by atoms with Gasteiger partial charge in [-0.05, 0) is 30.7 Å². The Kier molecular flexibility index (Phi) is 4.19. The Bertz CT molecular complexity index is 803. The van der Waals surface area contributed by atoms with E-state index in [0.717, 1.165) is 11.3 Å². The maximum Gasteiger partial charge on any atom is 0.240 e. The van der Waals surface area contributed by atoms with Gasteiger partial charge in [-0.15, -0.1) is 0 Å². The minimum absolute atomic E-state index is 0.0981. The van der Waals surface area contributed by atoms with Crippen LogP contribution in [0.2, 0.25) is 0 Å². The largest absolute Gasteiger partial charge is 0.488 e. The fourth-order valence-corrected chi connectivity index (χ4v) is 3.59. The lowest BCUT2D eigenvalue weighted by molar-refractivity contribution is 0.101. The topological polar surface area (TPSA) is 72.5 Å². The second-order valence-corrected chi connectivity index (χ2v) is 7.25. The number of ether oxygens (including phenoxy) is 1. The van der Waals surface area contributed by atoms with E-state index >= 15 is 0 Å². The predicted molar refractivity (Wildman–Crippen MR) is 86.2 cm³/mol. The fraction of sp³-hybridized carbons (Fsp3) is 0.235. The van der Waals surface area contributed by atoms with Crippen LogP contribution in [0.5, 0.6) is 5.75 Å². The Labute approximate surface area is 135 Å². The summed E-state index contributed by atoms with van der Waals surface area (Å²) in [7, 11) is -3.62. The van der Waals surface area contributed by atoms with Gasteiger partial charge in [0.1, 0.15) is 11.9 Å². The van der Waals surface area contributed by atoms with Crippen molar-refractivity contribution in [3.8, 4) is 5.75 Å². The zero-order chi connectivity index (χ0) is 16.4. The van der Waals surface area contributed by atoms with Gasteiger partial charge in [0.2, 0.25) is 10.0 Å². The molecule has 1 aliphatic heterocycles. The van der Waals surface area contributed by atoms with Crippen molar-refractivity contribution in [2.75, 3.05) is 6.54 Å². The minimum atomic E-state index is -3.62. The number of benzene rings is 2. The molecule has 23 heavy (non-hydrogen) atoms. The number of carbonyl (C=O) groups excluding carboxylic acids is 1. The van der Waals surface area contributed by atoms with Crippen LogP contribution in [0, 0.1) is 0 Å². The lowest BCUT2D eigenvalue weighted by atomic mass is 10.1. The SMILES string of the molecule is CC(=O)c1ccc(S(=O)(=O)NC[C@H]2Cc3ccccc3O2)cc1. The van der Waals surface area contributed by atoms with Gasteiger partial charge < -0.3 is 4.74 Å². The molecule has 1 atom stereocenters. The number of carbonyl (C=O) groups is 1. The van der Waals surface area contributed by atoms with Crippen molar-refractivity contribution in [2.24, 2.45) is 0 Å².